The van der Waals surface area contributed by atoms with Crippen LogP contribution < -0.4 is 60.8 Å². The molecule has 4 aromatic rings. The van der Waals surface area contributed by atoms with Crippen molar-refractivity contribution in [2.24, 2.45) is 93.8 Å². The van der Waals surface area contributed by atoms with Crippen LogP contribution in [-0.2, 0) is 63.8 Å². The first-order valence-corrected chi connectivity index (χ1v) is 37.9. The number of hydrogen-bond acceptors (Lipinski definition) is 24. The summed E-state index contributed by atoms with van der Waals surface area (Å²) in [5.41, 5.74) is 22.5. The van der Waals surface area contributed by atoms with Crippen LogP contribution in [0.4, 0.5) is 0 Å². The van der Waals surface area contributed by atoms with Crippen LogP contribution in [0.15, 0.2) is 48.5 Å². The minimum absolute atomic E-state index is 0.0139. The fraction of sp³-hybridized carbons (Fsp3) is 0.708. The van der Waals surface area contributed by atoms with Gasteiger partial charge in [-0.3, -0.25) is 38.8 Å². The van der Waals surface area contributed by atoms with E-state index in [4.69, 9.17) is 143 Å². The number of nitrogens with two attached hydrogens (primary N) is 4. The Morgan fingerprint density at radius 3 is 0.808 bits per heavy atom. The fourth-order valence-corrected chi connectivity index (χ4v) is 13.4. The Balaban J connectivity index is 0.000000269. The van der Waals surface area contributed by atoms with Crippen LogP contribution in [0.2, 0.25) is 0 Å². The molecule has 24 heteroatoms. The molecule has 672 valence electrons. The maximum Gasteiger partial charge on any atom is 0.323 e. The quantitative estimate of drug-likeness (QED) is 0.0303. The molecule has 120 heavy (non-hydrogen) atoms. The first-order chi connectivity index (χ1) is 82.0. The molecule has 12 rings (SSSR count). The van der Waals surface area contributed by atoms with Gasteiger partial charge in [-0.1, -0.05) is 110 Å². The number of carbonyl (C=O) groups excluding carboxylic acids is 4. The van der Waals surface area contributed by atoms with Gasteiger partial charge in [0.1, 0.15) is 48.4 Å². The summed E-state index contributed by atoms with van der Waals surface area (Å²) in [6, 6.07) is -18.1. The van der Waals surface area contributed by atoms with Gasteiger partial charge in [0, 0.05) is 190 Å². The van der Waals surface area contributed by atoms with E-state index >= 15 is 0 Å². The summed E-state index contributed by atoms with van der Waals surface area (Å²) in [6.07, 6.45) is -31.2. The van der Waals surface area contributed by atoms with Gasteiger partial charge in [-0.2, -0.15) is 0 Å². The Labute approximate surface area is 810 Å². The molecule has 24 nitrogen and oxygen atoms in total. The van der Waals surface area contributed by atoms with Gasteiger partial charge in [0.15, 0.2) is 46.0 Å². The molecule has 13 unspecified atom stereocenters. The maximum atomic E-state index is 13.7. The molecule has 0 aliphatic carbocycles. The van der Waals surface area contributed by atoms with Crippen LogP contribution in [0.5, 0.6) is 46.0 Å². The number of carbonyl (C=O) groups is 4. The average Bonchev–Trinajstić information content (AvgIpc) is 0.653. The van der Waals surface area contributed by atoms with Gasteiger partial charge in [0.25, 0.3) is 0 Å². The summed E-state index contributed by atoms with van der Waals surface area (Å²) in [5.74, 6) is -41.7. The van der Waals surface area contributed by atoms with Gasteiger partial charge in [-0.15, -0.1) is 0 Å². The first kappa shape index (κ1) is 40.9. The molecule has 4 saturated heterocycles. The first-order valence-electron chi connectivity index (χ1n) is 70.5. The van der Waals surface area contributed by atoms with Gasteiger partial charge in [0.2, 0.25) is 0 Å². The molecule has 8 aliphatic rings. The monoisotopic (exact) mass is 1740 g/mol. The third-order valence-electron chi connectivity index (χ3n) is 19.1. The van der Waals surface area contributed by atoms with Gasteiger partial charge < -0.3 is 79.8 Å². The fourth-order valence-electron chi connectivity index (χ4n) is 13.4. The molecule has 4 fully saturated rings. The predicted octanol–water partition coefficient (Wildman–Crippen LogP) is 14.3. The lowest BCUT2D eigenvalue weighted by atomic mass is 9.79. The van der Waals surface area contributed by atoms with Crippen molar-refractivity contribution in [3.05, 3.63) is 93.0 Å². The zero-order chi connectivity index (χ0) is 145. The number of hydrogen-bond donors (Lipinski definition) is 4. The largest absolute Gasteiger partial charge is 0.493 e. The highest BCUT2D eigenvalue weighted by atomic mass is 16.6. The number of benzene rings is 4. The highest BCUT2D eigenvalue weighted by Gasteiger charge is 2.47. The number of fused-ring (bicyclic) bond motifs is 12. The molecular weight excluding hydrogens is 1520 g/mol. The Morgan fingerprint density at radius 2 is 0.575 bits per heavy atom. The average molecular weight is 1740 g/mol. The van der Waals surface area contributed by atoms with E-state index in [2.05, 4.69) is 0 Å². The molecule has 0 radical (unpaired) electrons. The summed E-state index contributed by atoms with van der Waals surface area (Å²) in [5, 5.41) is 0. The zero-order valence-electron chi connectivity index (χ0n) is 134. The summed E-state index contributed by atoms with van der Waals surface area (Å²) >= 11 is 0. The lowest BCUT2D eigenvalue weighted by Gasteiger charge is -2.47. The zero-order valence-corrected chi connectivity index (χ0v) is 69.1. The number of rotatable bonds is 28. The number of piperidine rings is 4. The van der Waals surface area contributed by atoms with Crippen LogP contribution in [0.1, 0.15) is 319 Å². The molecule has 0 saturated carbocycles. The van der Waals surface area contributed by atoms with Crippen molar-refractivity contribution in [1.82, 2.24) is 19.6 Å². The molecule has 0 aromatic heterocycles. The minimum atomic E-state index is -4.14. The highest BCUT2D eigenvalue weighted by molar-refractivity contribution is 5.77. The minimum Gasteiger partial charge on any atom is -0.493 e. The molecule has 8 heterocycles. The predicted molar refractivity (Wildman–Crippen MR) is 471 cm³/mol. The third kappa shape index (κ3) is 23.8. The van der Waals surface area contributed by atoms with Crippen molar-refractivity contribution < 1.29 is 165 Å². The maximum absolute atomic E-state index is 13.7. The standard InChI is InChI=1S/4C24H38N2O4/c4*1-14(2)9-17-13-26-8-7-16-10-21(28-5)22(29-6)11-18(16)19(26)12-20(17)30-24(27)23(25)15(3)4/h4*10-11,14-15,17,19-20,23H,7-9,12-13,25H2,1-6H3/t4*17?,19?,20?,23-/m0000/s1/i2*3D3,4D3,5D3,12D2,13D2,15D,17D,19D,20D,23D;3D3,4D3,12D2,13D2,15D,17D,19D,20D,23D;3D3,4D3,12D,13D2,15D,17D,19D,20D,23D/t3m;12?,17?,19?,20?,23-. The number of esters is 4. The van der Waals surface area contributed by atoms with E-state index in [1.807, 2.05) is 0 Å². The molecule has 17 atom stereocenters. The molecule has 0 amide bonds. The number of nitrogens with zero attached hydrogens (tertiary/aromatic N) is 4. The molecule has 0 bridgehead atoms. The second kappa shape index (κ2) is 43.9. The molecular formula is C96H152N8O16. The molecule has 0 spiro atoms. The van der Waals surface area contributed by atoms with Crippen molar-refractivity contribution in [2.45, 2.75) is 260 Å². The lowest BCUT2D eigenvalue weighted by Crippen LogP contribution is -2.51. The lowest BCUT2D eigenvalue weighted by molar-refractivity contribution is -0.161. The van der Waals surface area contributed by atoms with Crippen LogP contribution >= 0.6 is 0 Å². The van der Waals surface area contributed by atoms with E-state index in [1.54, 1.807) is 13.8 Å². The van der Waals surface area contributed by atoms with E-state index in [0.717, 1.165) is 48.3 Å². The number of ether oxygens (including phenoxy) is 12. The SMILES string of the molecule is [2H]C([2H])([2H])C([2H])(C([2H])([2H])[2H])[C@]([2H])(N)C(=O)OC1([2H])C([2H])([2H])C2([2H])c3cc(OC)c(OC)cc3CCN2C([2H])([2H])C1([2H])CC(C)C.[2H]C([2H])([2H])Oc1cc2c(cc1OC)C1([2H])N(CC2)C([2H])([2H])C([2H])(CC(C)C)C([2H])(OC(=O)[C@@]([2H])(N)C([2H])(C([2H])([2H])[2H])C([2H])([2H])[2H])C1([2H])[2H].[2H]C([2H])([2H])Oc1cc2c(cc1OC)C1([2H])N(CC2)C([2H])([2H])C([2H])(CC(C)C)C([2H])(OC(=O)[C@@]([2H])(N)C([2H])(C([2H])([2H])[2H])C([2H])([2H])[2H])C1([2H])[2H].[2H]C1C2([2H])c3cc(OC)c(OC)cc3CCN2C([2H])([2H])C([2H])(CC(C)C)C1([2H])OC(=O)[C@@]([2H])(N)C([2H])(C([2H])([2H])[2H])C([2H])([2H])[2H]. The van der Waals surface area contributed by atoms with Crippen LogP contribution in [0.25, 0.3) is 0 Å². The van der Waals surface area contributed by atoms with E-state index in [9.17, 15) is 45.2 Å². The van der Waals surface area contributed by atoms with Crippen molar-refractivity contribution in [3.8, 4) is 46.0 Å². The summed E-state index contributed by atoms with van der Waals surface area (Å²) in [4.78, 5) is 57.7. The Bertz CT molecular complexity index is 6840. The smallest absolute Gasteiger partial charge is 0.323 e. The Kier molecular flexibility index (Phi) is 15.0. The topological polar surface area (TPSA) is 296 Å². The van der Waals surface area contributed by atoms with E-state index < -0.39 is 337 Å². The third-order valence-corrected chi connectivity index (χ3v) is 19.1. The Hall–Kier alpha value is -7.16. The van der Waals surface area contributed by atoms with Crippen molar-refractivity contribution in [1.29, 1.82) is 0 Å². The summed E-state index contributed by atoms with van der Waals surface area (Å²) < 4.78 is 610. The second-order valence-corrected chi connectivity index (χ2v) is 29.6. The van der Waals surface area contributed by atoms with Gasteiger partial charge >= 0.3 is 23.9 Å². The summed E-state index contributed by atoms with van der Waals surface area (Å²) in [6.45, 7) is -33.5. The van der Waals surface area contributed by atoms with Crippen LogP contribution in [0, 0.1) is 70.8 Å². The van der Waals surface area contributed by atoms with Crippen LogP contribution in [-0.4, -0.2) is 201 Å². The van der Waals surface area contributed by atoms with Crippen molar-refractivity contribution in [2.75, 3.05) is 109 Å². The summed E-state index contributed by atoms with van der Waals surface area (Å²) in [7, 11) is 1.57. The normalized spacial score (nSPS) is 46.2. The second-order valence-electron chi connectivity index (χ2n) is 29.6. The molecule has 8 aliphatic heterocycles. The van der Waals surface area contributed by atoms with Crippen molar-refractivity contribution >= 4 is 23.9 Å². The number of methoxy groups -OCH3 is 8. The van der Waals surface area contributed by atoms with E-state index in [1.165, 1.54) is 94.2 Å². The Morgan fingerprint density at radius 1 is 0.358 bits per heavy atom. The van der Waals surface area contributed by atoms with E-state index in [0.29, 0.717) is 15.4 Å². The van der Waals surface area contributed by atoms with E-state index in [-0.39, 0.29) is 113 Å². The molecule has 4 aromatic carbocycles. The van der Waals surface area contributed by atoms with Gasteiger partial charge in [-0.05, 0) is 192 Å². The van der Waals surface area contributed by atoms with Crippen molar-refractivity contribution in [3.63, 3.8) is 0 Å². The van der Waals surface area contributed by atoms with Gasteiger partial charge in [0.05, 0.1) is 81.4 Å². The molecule has 8 N–H and O–H groups in total. The van der Waals surface area contributed by atoms with Crippen LogP contribution in [0.3, 0.4) is 0 Å². The highest BCUT2D eigenvalue weighted by Crippen LogP contribution is 2.50. The van der Waals surface area contributed by atoms with Gasteiger partial charge in [-0.25, -0.2) is 0 Å².